The van der Waals surface area contributed by atoms with Crippen LogP contribution in [-0.2, 0) is 6.42 Å². The van der Waals surface area contributed by atoms with E-state index in [-0.39, 0.29) is 0 Å². The Balaban J connectivity index is 2.21. The normalized spacial score (nSPS) is 12.4. The standard InChI is InChI=1S/C13H10Cl3NO/c14-10-2-1-3-11(15)9(10)6-12(18)8-4-5-13(16)17-7-8/h1-5,7,12,18H,6H2. The largest absolute Gasteiger partial charge is 0.388 e. The summed E-state index contributed by atoms with van der Waals surface area (Å²) in [5.41, 5.74) is 1.40. The summed E-state index contributed by atoms with van der Waals surface area (Å²) >= 11 is 17.8. The zero-order valence-corrected chi connectivity index (χ0v) is 11.5. The Kier molecular flexibility index (Phi) is 4.46. The highest BCUT2D eigenvalue weighted by atomic mass is 35.5. The highest BCUT2D eigenvalue weighted by Crippen LogP contribution is 2.29. The van der Waals surface area contributed by atoms with Gasteiger partial charge >= 0.3 is 0 Å². The van der Waals surface area contributed by atoms with E-state index in [2.05, 4.69) is 4.98 Å². The minimum atomic E-state index is -0.716. The van der Waals surface area contributed by atoms with Crippen LogP contribution >= 0.6 is 34.8 Å². The third-order valence-electron chi connectivity index (χ3n) is 2.59. The Morgan fingerprint density at radius 1 is 1.06 bits per heavy atom. The van der Waals surface area contributed by atoms with Crippen LogP contribution < -0.4 is 0 Å². The molecule has 1 aromatic carbocycles. The van der Waals surface area contributed by atoms with Crippen molar-refractivity contribution in [3.8, 4) is 0 Å². The Hall–Kier alpha value is -0.800. The summed E-state index contributed by atoms with van der Waals surface area (Å²) in [5.74, 6) is 0. The SMILES string of the molecule is OC(Cc1c(Cl)cccc1Cl)c1ccc(Cl)nc1. The second-order valence-corrected chi connectivity index (χ2v) is 5.04. The molecule has 1 heterocycles. The van der Waals surface area contributed by atoms with Crippen LogP contribution in [0.1, 0.15) is 17.2 Å². The highest BCUT2D eigenvalue weighted by molar-refractivity contribution is 6.36. The quantitative estimate of drug-likeness (QED) is 0.857. The molecule has 0 fully saturated rings. The molecule has 0 aliphatic heterocycles. The van der Waals surface area contributed by atoms with E-state index in [0.29, 0.717) is 27.2 Å². The van der Waals surface area contributed by atoms with Gasteiger partial charge in [0.05, 0.1) is 6.10 Å². The van der Waals surface area contributed by atoms with E-state index >= 15 is 0 Å². The number of hydrogen-bond donors (Lipinski definition) is 1. The van der Waals surface area contributed by atoms with Crippen molar-refractivity contribution >= 4 is 34.8 Å². The Bertz CT molecular complexity index is 522. The van der Waals surface area contributed by atoms with Crippen LogP contribution in [0.2, 0.25) is 15.2 Å². The topological polar surface area (TPSA) is 33.1 Å². The van der Waals surface area contributed by atoms with Gasteiger partial charge in [0.25, 0.3) is 0 Å². The van der Waals surface area contributed by atoms with Crippen LogP contribution in [0.3, 0.4) is 0 Å². The lowest BCUT2D eigenvalue weighted by Crippen LogP contribution is -2.03. The minimum Gasteiger partial charge on any atom is -0.388 e. The van der Waals surface area contributed by atoms with Gasteiger partial charge in [0.1, 0.15) is 5.15 Å². The second kappa shape index (κ2) is 5.89. The molecule has 94 valence electrons. The number of halogens is 3. The highest BCUT2D eigenvalue weighted by Gasteiger charge is 2.13. The third kappa shape index (κ3) is 3.15. The average Bonchev–Trinajstić information content (AvgIpc) is 2.34. The van der Waals surface area contributed by atoms with E-state index in [1.54, 1.807) is 30.3 Å². The summed E-state index contributed by atoms with van der Waals surface area (Å²) in [7, 11) is 0. The smallest absolute Gasteiger partial charge is 0.129 e. The Labute approximate surface area is 120 Å². The van der Waals surface area contributed by atoms with Gasteiger partial charge in [-0.15, -0.1) is 0 Å². The number of nitrogens with zero attached hydrogens (tertiary/aromatic N) is 1. The van der Waals surface area contributed by atoms with Crippen LogP contribution in [0.25, 0.3) is 0 Å². The van der Waals surface area contributed by atoms with Gasteiger partial charge in [0.15, 0.2) is 0 Å². The molecule has 2 rings (SSSR count). The first-order valence-corrected chi connectivity index (χ1v) is 6.43. The lowest BCUT2D eigenvalue weighted by molar-refractivity contribution is 0.178. The van der Waals surface area contributed by atoms with Crippen LogP contribution in [0.5, 0.6) is 0 Å². The van der Waals surface area contributed by atoms with Crippen molar-refractivity contribution in [3.63, 3.8) is 0 Å². The van der Waals surface area contributed by atoms with E-state index in [1.807, 2.05) is 0 Å². The number of pyridine rings is 1. The van der Waals surface area contributed by atoms with Gasteiger partial charge in [-0.3, -0.25) is 0 Å². The number of aromatic nitrogens is 1. The molecule has 1 atom stereocenters. The molecule has 2 aromatic rings. The molecule has 5 heteroatoms. The predicted octanol–water partition coefficient (Wildman–Crippen LogP) is 4.32. The molecular weight excluding hydrogens is 293 g/mol. The molecular formula is C13H10Cl3NO. The summed E-state index contributed by atoms with van der Waals surface area (Å²) in [4.78, 5) is 3.93. The second-order valence-electron chi connectivity index (χ2n) is 3.83. The van der Waals surface area contributed by atoms with E-state index in [1.165, 1.54) is 6.20 Å². The van der Waals surface area contributed by atoms with Gasteiger partial charge in [-0.25, -0.2) is 4.98 Å². The van der Waals surface area contributed by atoms with Gasteiger partial charge in [0.2, 0.25) is 0 Å². The molecule has 1 aromatic heterocycles. The fourth-order valence-electron chi connectivity index (χ4n) is 1.62. The number of rotatable bonds is 3. The van der Waals surface area contributed by atoms with E-state index in [9.17, 15) is 5.11 Å². The molecule has 0 aliphatic carbocycles. The van der Waals surface area contributed by atoms with Crippen molar-refractivity contribution in [1.29, 1.82) is 0 Å². The molecule has 1 N–H and O–H groups in total. The van der Waals surface area contributed by atoms with E-state index in [4.69, 9.17) is 34.8 Å². The van der Waals surface area contributed by atoms with Crippen molar-refractivity contribution < 1.29 is 5.11 Å². The summed E-state index contributed by atoms with van der Waals surface area (Å²) in [6.45, 7) is 0. The summed E-state index contributed by atoms with van der Waals surface area (Å²) in [6.07, 6.45) is 1.16. The molecule has 0 radical (unpaired) electrons. The van der Waals surface area contributed by atoms with Crippen molar-refractivity contribution in [2.45, 2.75) is 12.5 Å². The molecule has 1 unspecified atom stereocenters. The van der Waals surface area contributed by atoms with Gasteiger partial charge in [0, 0.05) is 22.7 Å². The van der Waals surface area contributed by atoms with Crippen LogP contribution in [0.15, 0.2) is 36.5 Å². The van der Waals surface area contributed by atoms with E-state index in [0.717, 1.165) is 5.56 Å². The van der Waals surface area contributed by atoms with Crippen molar-refractivity contribution in [2.24, 2.45) is 0 Å². The molecule has 0 saturated carbocycles. The first kappa shape index (κ1) is 13.6. The van der Waals surface area contributed by atoms with Crippen molar-refractivity contribution in [1.82, 2.24) is 4.98 Å². The number of aliphatic hydroxyl groups excluding tert-OH is 1. The molecule has 0 amide bonds. The van der Waals surface area contributed by atoms with Gasteiger partial charge in [-0.2, -0.15) is 0 Å². The molecule has 0 saturated heterocycles. The van der Waals surface area contributed by atoms with Crippen molar-refractivity contribution in [3.05, 3.63) is 62.9 Å². The maximum Gasteiger partial charge on any atom is 0.129 e. The fraction of sp³-hybridized carbons (Fsp3) is 0.154. The maximum atomic E-state index is 10.1. The van der Waals surface area contributed by atoms with Gasteiger partial charge < -0.3 is 5.11 Å². The molecule has 0 bridgehead atoms. The monoisotopic (exact) mass is 301 g/mol. The fourth-order valence-corrected chi connectivity index (χ4v) is 2.29. The maximum absolute atomic E-state index is 10.1. The molecule has 0 spiro atoms. The number of hydrogen-bond acceptors (Lipinski definition) is 2. The summed E-state index contributed by atoms with van der Waals surface area (Å²) in [5, 5.41) is 11.6. The minimum absolute atomic E-state index is 0.335. The third-order valence-corrected chi connectivity index (χ3v) is 3.53. The van der Waals surface area contributed by atoms with E-state index < -0.39 is 6.10 Å². The lowest BCUT2D eigenvalue weighted by atomic mass is 10.0. The summed E-state index contributed by atoms with van der Waals surface area (Å²) in [6, 6.07) is 8.62. The molecule has 2 nitrogen and oxygen atoms in total. The predicted molar refractivity (Wildman–Crippen MR) is 74.4 cm³/mol. The Morgan fingerprint density at radius 3 is 2.28 bits per heavy atom. The zero-order valence-electron chi connectivity index (χ0n) is 9.28. The van der Waals surface area contributed by atoms with Crippen molar-refractivity contribution in [2.75, 3.05) is 0 Å². The van der Waals surface area contributed by atoms with Gasteiger partial charge in [-0.1, -0.05) is 46.9 Å². The average molecular weight is 303 g/mol. The van der Waals surface area contributed by atoms with Crippen LogP contribution in [0, 0.1) is 0 Å². The lowest BCUT2D eigenvalue weighted by Gasteiger charge is -2.13. The van der Waals surface area contributed by atoms with Gasteiger partial charge in [-0.05, 0) is 29.3 Å². The van der Waals surface area contributed by atoms with Crippen LogP contribution in [-0.4, -0.2) is 10.1 Å². The summed E-state index contributed by atoms with van der Waals surface area (Å²) < 4.78 is 0. The number of aliphatic hydroxyl groups is 1. The zero-order chi connectivity index (χ0) is 13.1. The molecule has 18 heavy (non-hydrogen) atoms. The first-order valence-electron chi connectivity index (χ1n) is 5.30. The molecule has 0 aliphatic rings. The Morgan fingerprint density at radius 2 is 1.72 bits per heavy atom. The van der Waals surface area contributed by atoms with Crippen LogP contribution in [0.4, 0.5) is 0 Å². The first-order chi connectivity index (χ1) is 8.58. The number of benzene rings is 1.